The molecule has 0 bridgehead atoms. The molecule has 1 aromatic carbocycles. The molecule has 0 N–H and O–H groups in total. The summed E-state index contributed by atoms with van der Waals surface area (Å²) >= 11 is 5.24. The van der Waals surface area contributed by atoms with Gasteiger partial charge < -0.3 is 0 Å². The third-order valence-electron chi connectivity index (χ3n) is 1.53. The quantitative estimate of drug-likeness (QED) is 0.654. The van der Waals surface area contributed by atoms with Gasteiger partial charge in [-0.05, 0) is 22.7 Å². The SMILES string of the molecule is C=Cc1cccc(CC(=O)Cl)c1. The van der Waals surface area contributed by atoms with Gasteiger partial charge in [-0.3, -0.25) is 4.79 Å². The van der Waals surface area contributed by atoms with Crippen LogP contribution in [0.15, 0.2) is 30.8 Å². The summed E-state index contributed by atoms with van der Waals surface area (Å²) in [5.74, 6) is 0. The lowest BCUT2D eigenvalue weighted by Crippen LogP contribution is -1.92. The summed E-state index contributed by atoms with van der Waals surface area (Å²) in [6.07, 6.45) is 2.02. The first-order valence-electron chi connectivity index (χ1n) is 3.62. The predicted octanol–water partition coefficient (Wildman–Crippen LogP) is 2.64. The van der Waals surface area contributed by atoms with E-state index in [9.17, 15) is 4.79 Å². The zero-order valence-corrected chi connectivity index (χ0v) is 7.34. The molecule has 0 aliphatic heterocycles. The van der Waals surface area contributed by atoms with Crippen LogP contribution in [0, 0.1) is 0 Å². The monoisotopic (exact) mass is 180 g/mol. The van der Waals surface area contributed by atoms with Crippen molar-refractivity contribution in [3.8, 4) is 0 Å². The lowest BCUT2D eigenvalue weighted by Gasteiger charge is -1.97. The molecule has 0 aromatic heterocycles. The molecule has 0 fully saturated rings. The zero-order valence-electron chi connectivity index (χ0n) is 6.59. The highest BCUT2D eigenvalue weighted by Crippen LogP contribution is 2.07. The van der Waals surface area contributed by atoms with E-state index in [-0.39, 0.29) is 11.7 Å². The second-order valence-electron chi connectivity index (χ2n) is 2.48. The minimum Gasteiger partial charge on any atom is -0.281 e. The van der Waals surface area contributed by atoms with Crippen LogP contribution in [0.3, 0.4) is 0 Å². The number of carbonyl (C=O) groups is 1. The third-order valence-corrected chi connectivity index (χ3v) is 1.66. The predicted molar refractivity (Wildman–Crippen MR) is 51.1 cm³/mol. The van der Waals surface area contributed by atoms with Gasteiger partial charge in [-0.2, -0.15) is 0 Å². The fraction of sp³-hybridized carbons (Fsp3) is 0.100. The molecule has 0 saturated heterocycles. The van der Waals surface area contributed by atoms with Gasteiger partial charge in [0, 0.05) is 6.42 Å². The van der Waals surface area contributed by atoms with Crippen molar-refractivity contribution in [2.75, 3.05) is 0 Å². The van der Waals surface area contributed by atoms with E-state index in [1.807, 2.05) is 24.3 Å². The first kappa shape index (κ1) is 9.01. The minimum absolute atomic E-state index is 0.281. The molecule has 12 heavy (non-hydrogen) atoms. The molecule has 0 aliphatic rings. The average molecular weight is 181 g/mol. The van der Waals surface area contributed by atoms with Gasteiger partial charge in [-0.1, -0.05) is 36.9 Å². The summed E-state index contributed by atoms with van der Waals surface area (Å²) in [6, 6.07) is 7.57. The average Bonchev–Trinajstić information content (AvgIpc) is 2.03. The summed E-state index contributed by atoms with van der Waals surface area (Å²) in [5.41, 5.74) is 1.93. The van der Waals surface area contributed by atoms with Gasteiger partial charge >= 0.3 is 0 Å². The fourth-order valence-corrected chi connectivity index (χ4v) is 1.14. The van der Waals surface area contributed by atoms with Crippen molar-refractivity contribution in [3.05, 3.63) is 42.0 Å². The maximum absolute atomic E-state index is 10.6. The molecule has 0 atom stereocenters. The molecular weight excluding hydrogens is 172 g/mol. The zero-order chi connectivity index (χ0) is 8.97. The summed E-state index contributed by atoms with van der Waals surface area (Å²) in [6.45, 7) is 3.63. The highest BCUT2D eigenvalue weighted by Gasteiger charge is 1.98. The minimum atomic E-state index is -0.337. The van der Waals surface area contributed by atoms with E-state index in [2.05, 4.69) is 6.58 Å². The topological polar surface area (TPSA) is 17.1 Å². The number of carbonyl (C=O) groups excluding carboxylic acids is 1. The maximum Gasteiger partial charge on any atom is 0.226 e. The van der Waals surface area contributed by atoms with Crippen molar-refractivity contribution in [1.29, 1.82) is 0 Å². The largest absolute Gasteiger partial charge is 0.281 e. The lowest BCUT2D eigenvalue weighted by molar-refractivity contribution is -0.111. The first-order valence-corrected chi connectivity index (χ1v) is 4.00. The molecule has 0 aliphatic carbocycles. The van der Waals surface area contributed by atoms with E-state index in [0.717, 1.165) is 11.1 Å². The summed E-state index contributed by atoms with van der Waals surface area (Å²) in [4.78, 5) is 10.6. The van der Waals surface area contributed by atoms with Gasteiger partial charge in [-0.15, -0.1) is 0 Å². The van der Waals surface area contributed by atoms with Gasteiger partial charge in [0.05, 0.1) is 0 Å². The van der Waals surface area contributed by atoms with Crippen molar-refractivity contribution in [3.63, 3.8) is 0 Å². The van der Waals surface area contributed by atoms with Crippen LogP contribution in [-0.4, -0.2) is 5.24 Å². The van der Waals surface area contributed by atoms with E-state index in [1.54, 1.807) is 6.08 Å². The Hall–Kier alpha value is -1.08. The van der Waals surface area contributed by atoms with Crippen LogP contribution in [0.4, 0.5) is 0 Å². The number of hydrogen-bond acceptors (Lipinski definition) is 1. The molecule has 0 unspecified atom stereocenters. The number of benzene rings is 1. The number of halogens is 1. The molecule has 62 valence electrons. The maximum atomic E-state index is 10.6. The van der Waals surface area contributed by atoms with Gasteiger partial charge in [-0.25, -0.2) is 0 Å². The summed E-state index contributed by atoms with van der Waals surface area (Å²) in [5, 5.41) is -0.337. The molecule has 0 saturated carbocycles. The van der Waals surface area contributed by atoms with Gasteiger partial charge in [0.1, 0.15) is 0 Å². The highest BCUT2D eigenvalue weighted by molar-refractivity contribution is 6.63. The van der Waals surface area contributed by atoms with E-state index >= 15 is 0 Å². The van der Waals surface area contributed by atoms with Gasteiger partial charge in [0.2, 0.25) is 5.24 Å². The molecule has 1 nitrogen and oxygen atoms in total. The standard InChI is InChI=1S/C10H9ClO/c1-2-8-4-3-5-9(6-8)7-10(11)12/h2-6H,1,7H2. The second-order valence-corrected chi connectivity index (χ2v) is 2.90. The van der Waals surface area contributed by atoms with Crippen molar-refractivity contribution < 1.29 is 4.79 Å². The number of hydrogen-bond donors (Lipinski definition) is 0. The Morgan fingerprint density at radius 3 is 2.92 bits per heavy atom. The number of rotatable bonds is 3. The van der Waals surface area contributed by atoms with Gasteiger partial charge in [0.15, 0.2) is 0 Å². The van der Waals surface area contributed by atoms with Crippen LogP contribution >= 0.6 is 11.6 Å². The normalized spacial score (nSPS) is 9.42. The summed E-state index contributed by atoms with van der Waals surface area (Å²) in [7, 11) is 0. The highest BCUT2D eigenvalue weighted by atomic mass is 35.5. The molecule has 0 spiro atoms. The van der Waals surface area contributed by atoms with Crippen LogP contribution in [0.1, 0.15) is 11.1 Å². The smallest absolute Gasteiger partial charge is 0.226 e. The van der Waals surface area contributed by atoms with Crippen molar-refractivity contribution >= 4 is 22.9 Å². The van der Waals surface area contributed by atoms with Crippen molar-refractivity contribution in [2.45, 2.75) is 6.42 Å². The molecular formula is C10H9ClO. The Bertz CT molecular complexity index is 304. The molecule has 1 aromatic rings. The van der Waals surface area contributed by atoms with Crippen LogP contribution in [-0.2, 0) is 11.2 Å². The molecule has 2 heteroatoms. The van der Waals surface area contributed by atoms with E-state index in [0.29, 0.717) is 0 Å². The Balaban J connectivity index is 2.86. The molecule has 1 rings (SSSR count). The Morgan fingerprint density at radius 1 is 1.58 bits per heavy atom. The van der Waals surface area contributed by atoms with E-state index in [4.69, 9.17) is 11.6 Å². The molecule has 0 amide bonds. The van der Waals surface area contributed by atoms with Crippen molar-refractivity contribution in [2.24, 2.45) is 0 Å². The Kier molecular flexibility index (Phi) is 3.06. The Labute approximate surface area is 76.7 Å². The van der Waals surface area contributed by atoms with Crippen LogP contribution in [0.2, 0.25) is 0 Å². The Morgan fingerprint density at radius 2 is 2.33 bits per heavy atom. The second kappa shape index (κ2) is 4.07. The van der Waals surface area contributed by atoms with Crippen LogP contribution in [0.5, 0.6) is 0 Å². The molecule has 0 radical (unpaired) electrons. The van der Waals surface area contributed by atoms with Crippen molar-refractivity contribution in [1.82, 2.24) is 0 Å². The third kappa shape index (κ3) is 2.51. The lowest BCUT2D eigenvalue weighted by atomic mass is 10.1. The molecule has 0 heterocycles. The van der Waals surface area contributed by atoms with Crippen LogP contribution < -0.4 is 0 Å². The summed E-state index contributed by atoms with van der Waals surface area (Å²) < 4.78 is 0. The van der Waals surface area contributed by atoms with E-state index in [1.165, 1.54) is 0 Å². The first-order chi connectivity index (χ1) is 5.72. The fourth-order valence-electron chi connectivity index (χ4n) is 0.991. The van der Waals surface area contributed by atoms with Gasteiger partial charge in [0.25, 0.3) is 0 Å². The van der Waals surface area contributed by atoms with Crippen LogP contribution in [0.25, 0.3) is 6.08 Å². The van der Waals surface area contributed by atoms with E-state index < -0.39 is 0 Å².